The van der Waals surface area contributed by atoms with Gasteiger partial charge in [-0.25, -0.2) is 0 Å². The fraction of sp³-hybridized carbons (Fsp3) is 0.294. The maximum absolute atomic E-state index is 10.8. The van der Waals surface area contributed by atoms with Crippen LogP contribution in [-0.4, -0.2) is 37.7 Å². The fourth-order valence-corrected chi connectivity index (χ4v) is 4.46. The van der Waals surface area contributed by atoms with Crippen LogP contribution in [0.25, 0.3) is 16.5 Å². The first kappa shape index (κ1) is 14.7. The van der Waals surface area contributed by atoms with Crippen LogP contribution in [0.1, 0.15) is 29.5 Å². The first-order valence-electron chi connectivity index (χ1n) is 8.21. The molecular weight excluding hydrogens is 340 g/mol. The number of furan rings is 2. The van der Waals surface area contributed by atoms with E-state index in [1.54, 1.807) is 24.7 Å². The third kappa shape index (κ3) is 2.37. The zero-order chi connectivity index (χ0) is 16.8. The van der Waals surface area contributed by atoms with E-state index in [0.717, 1.165) is 36.6 Å². The lowest BCUT2D eigenvalue weighted by atomic mass is 10.1. The topological polar surface area (TPSA) is 79.9 Å². The van der Waals surface area contributed by atoms with Crippen LogP contribution >= 0.6 is 11.3 Å². The SMILES string of the molecule is Oc1c([C@@H](c2ccco2)N2CCCC2)sc2nc(-c3ccco3)nn12. The maximum Gasteiger partial charge on any atom is 0.230 e. The first-order chi connectivity index (χ1) is 12.3. The summed E-state index contributed by atoms with van der Waals surface area (Å²) in [5.74, 6) is 1.99. The molecule has 1 saturated heterocycles. The molecule has 0 amide bonds. The summed E-state index contributed by atoms with van der Waals surface area (Å²) < 4.78 is 12.5. The van der Waals surface area contributed by atoms with Crippen LogP contribution in [0.2, 0.25) is 0 Å². The molecule has 5 rings (SSSR count). The Hall–Kier alpha value is -2.58. The molecule has 0 radical (unpaired) electrons. The van der Waals surface area contributed by atoms with Gasteiger partial charge in [-0.05, 0) is 50.2 Å². The lowest BCUT2D eigenvalue weighted by Gasteiger charge is -2.24. The van der Waals surface area contributed by atoms with Crippen molar-refractivity contribution in [2.45, 2.75) is 18.9 Å². The second kappa shape index (κ2) is 5.75. The highest BCUT2D eigenvalue weighted by molar-refractivity contribution is 7.17. The van der Waals surface area contributed by atoms with Gasteiger partial charge in [-0.15, -0.1) is 5.10 Å². The summed E-state index contributed by atoms with van der Waals surface area (Å²) in [5, 5.41) is 15.2. The Labute approximate surface area is 147 Å². The van der Waals surface area contributed by atoms with Crippen molar-refractivity contribution in [3.63, 3.8) is 0 Å². The van der Waals surface area contributed by atoms with E-state index in [-0.39, 0.29) is 11.9 Å². The van der Waals surface area contributed by atoms with Gasteiger partial charge in [0.1, 0.15) is 11.8 Å². The average Bonchev–Trinajstić information content (AvgIpc) is 3.42. The lowest BCUT2D eigenvalue weighted by molar-refractivity contribution is 0.246. The Morgan fingerprint density at radius 2 is 1.92 bits per heavy atom. The van der Waals surface area contributed by atoms with E-state index >= 15 is 0 Å². The standard InChI is InChI=1S/C17H16N4O3S/c22-16-14(13(11-5-3-9-23-11)20-7-1-2-8-20)25-17-18-15(19-21(16)17)12-6-4-10-24-12/h3-6,9-10,13,22H,1-2,7-8H2/t13-/m1/s1. The molecule has 1 fully saturated rings. The van der Waals surface area contributed by atoms with Gasteiger partial charge in [0.2, 0.25) is 16.7 Å². The monoisotopic (exact) mass is 356 g/mol. The molecule has 25 heavy (non-hydrogen) atoms. The smallest absolute Gasteiger partial charge is 0.230 e. The third-order valence-electron chi connectivity index (χ3n) is 4.51. The molecule has 0 aliphatic carbocycles. The van der Waals surface area contributed by atoms with Crippen LogP contribution in [0.15, 0.2) is 45.6 Å². The van der Waals surface area contributed by atoms with Crippen LogP contribution < -0.4 is 0 Å². The number of aromatic hydroxyl groups is 1. The molecule has 0 unspecified atom stereocenters. The van der Waals surface area contributed by atoms with Crippen molar-refractivity contribution in [1.82, 2.24) is 19.5 Å². The number of rotatable bonds is 4. The van der Waals surface area contributed by atoms with Gasteiger partial charge in [-0.2, -0.15) is 9.50 Å². The van der Waals surface area contributed by atoms with Crippen molar-refractivity contribution in [3.8, 4) is 17.5 Å². The van der Waals surface area contributed by atoms with Gasteiger partial charge in [0, 0.05) is 0 Å². The molecular formula is C17H16N4O3S. The summed E-state index contributed by atoms with van der Waals surface area (Å²) in [6, 6.07) is 7.30. The molecule has 0 saturated carbocycles. The van der Waals surface area contributed by atoms with Gasteiger partial charge in [-0.3, -0.25) is 4.90 Å². The molecule has 4 aromatic heterocycles. The summed E-state index contributed by atoms with van der Waals surface area (Å²) in [4.78, 5) is 8.26. The molecule has 1 aliphatic heterocycles. The minimum absolute atomic E-state index is 0.110. The van der Waals surface area contributed by atoms with E-state index < -0.39 is 0 Å². The Morgan fingerprint density at radius 1 is 1.12 bits per heavy atom. The zero-order valence-electron chi connectivity index (χ0n) is 13.3. The van der Waals surface area contributed by atoms with Crippen molar-refractivity contribution in [1.29, 1.82) is 0 Å². The number of hydrogen-bond donors (Lipinski definition) is 1. The van der Waals surface area contributed by atoms with Crippen LogP contribution in [0.5, 0.6) is 5.88 Å². The molecule has 128 valence electrons. The molecule has 1 N–H and O–H groups in total. The zero-order valence-corrected chi connectivity index (χ0v) is 14.1. The Kier molecular flexibility index (Phi) is 3.39. The number of likely N-dealkylation sites (tertiary alicyclic amines) is 1. The summed E-state index contributed by atoms with van der Waals surface area (Å²) in [6.07, 6.45) is 5.56. The first-order valence-corrected chi connectivity index (χ1v) is 9.02. The van der Waals surface area contributed by atoms with Gasteiger partial charge >= 0.3 is 0 Å². The van der Waals surface area contributed by atoms with E-state index in [0.29, 0.717) is 16.5 Å². The summed E-state index contributed by atoms with van der Waals surface area (Å²) in [7, 11) is 0. The van der Waals surface area contributed by atoms with Crippen LogP contribution in [-0.2, 0) is 0 Å². The van der Waals surface area contributed by atoms with E-state index in [4.69, 9.17) is 8.83 Å². The van der Waals surface area contributed by atoms with Crippen LogP contribution in [0, 0.1) is 0 Å². The minimum atomic E-state index is -0.113. The number of thiazole rings is 1. The Morgan fingerprint density at radius 3 is 2.60 bits per heavy atom. The van der Waals surface area contributed by atoms with E-state index in [1.165, 1.54) is 15.9 Å². The molecule has 0 spiro atoms. The van der Waals surface area contributed by atoms with E-state index in [1.807, 2.05) is 12.1 Å². The molecule has 8 heteroatoms. The number of aromatic nitrogens is 3. The quantitative estimate of drug-likeness (QED) is 0.602. The molecule has 1 aliphatic rings. The van der Waals surface area contributed by atoms with Crippen molar-refractivity contribution in [2.75, 3.05) is 13.1 Å². The highest BCUT2D eigenvalue weighted by Crippen LogP contribution is 2.41. The average molecular weight is 356 g/mol. The van der Waals surface area contributed by atoms with Crippen molar-refractivity contribution >= 4 is 16.3 Å². The van der Waals surface area contributed by atoms with Crippen LogP contribution in [0.4, 0.5) is 0 Å². The predicted molar refractivity (Wildman–Crippen MR) is 91.6 cm³/mol. The Balaban J connectivity index is 1.60. The molecule has 7 nitrogen and oxygen atoms in total. The largest absolute Gasteiger partial charge is 0.492 e. The number of nitrogens with zero attached hydrogens (tertiary/aromatic N) is 4. The summed E-state index contributed by atoms with van der Waals surface area (Å²) in [6.45, 7) is 1.96. The van der Waals surface area contributed by atoms with Crippen molar-refractivity contribution < 1.29 is 13.9 Å². The molecule has 1 atom stereocenters. The van der Waals surface area contributed by atoms with Crippen molar-refractivity contribution in [3.05, 3.63) is 47.4 Å². The normalized spacial score (nSPS) is 16.8. The van der Waals surface area contributed by atoms with Crippen LogP contribution in [0.3, 0.4) is 0 Å². The highest BCUT2D eigenvalue weighted by Gasteiger charge is 2.33. The van der Waals surface area contributed by atoms with Gasteiger partial charge in [0.15, 0.2) is 5.76 Å². The predicted octanol–water partition coefficient (Wildman–Crippen LogP) is 3.53. The van der Waals surface area contributed by atoms with Gasteiger partial charge in [0.25, 0.3) is 0 Å². The molecule has 5 heterocycles. The molecule has 4 aromatic rings. The Bertz CT molecular complexity index is 981. The van der Waals surface area contributed by atoms with E-state index in [9.17, 15) is 5.11 Å². The molecule has 0 bridgehead atoms. The third-order valence-corrected chi connectivity index (χ3v) is 5.58. The highest BCUT2D eigenvalue weighted by atomic mass is 32.1. The van der Waals surface area contributed by atoms with Gasteiger partial charge in [-0.1, -0.05) is 11.3 Å². The number of fused-ring (bicyclic) bond motifs is 1. The fourth-order valence-electron chi connectivity index (χ4n) is 3.36. The molecule has 0 aromatic carbocycles. The second-order valence-electron chi connectivity index (χ2n) is 6.06. The number of hydrogen-bond acceptors (Lipinski definition) is 7. The van der Waals surface area contributed by atoms with Gasteiger partial charge < -0.3 is 13.9 Å². The van der Waals surface area contributed by atoms with Gasteiger partial charge in [0.05, 0.1) is 17.4 Å². The van der Waals surface area contributed by atoms with E-state index in [2.05, 4.69) is 15.0 Å². The minimum Gasteiger partial charge on any atom is -0.492 e. The summed E-state index contributed by atoms with van der Waals surface area (Å²) in [5.41, 5.74) is 0. The maximum atomic E-state index is 10.8. The van der Waals surface area contributed by atoms with Crippen molar-refractivity contribution in [2.24, 2.45) is 0 Å². The lowest BCUT2D eigenvalue weighted by Crippen LogP contribution is -2.25. The summed E-state index contributed by atoms with van der Waals surface area (Å²) >= 11 is 1.43. The second-order valence-corrected chi connectivity index (χ2v) is 7.07.